The van der Waals surface area contributed by atoms with E-state index in [0.29, 0.717) is 29.1 Å². The summed E-state index contributed by atoms with van der Waals surface area (Å²) in [6, 6.07) is 3.78. The number of anilines is 1. The number of aromatic nitrogens is 6. The SMILES string of the molecule is C=CCn1c(S[C@@H](CC)C(=O)Nc2nnc(CC)s2)nnc1-c1cccnc1. The van der Waals surface area contributed by atoms with Gasteiger partial charge in [0, 0.05) is 24.5 Å². The Morgan fingerprint density at radius 1 is 1.36 bits per heavy atom. The van der Waals surface area contributed by atoms with Crippen LogP contribution in [0.3, 0.4) is 0 Å². The number of nitrogens with one attached hydrogen (secondary N) is 1. The van der Waals surface area contributed by atoms with Crippen LogP contribution in [0.15, 0.2) is 42.3 Å². The van der Waals surface area contributed by atoms with Gasteiger partial charge in [-0.25, -0.2) is 0 Å². The van der Waals surface area contributed by atoms with Crippen molar-refractivity contribution in [2.24, 2.45) is 0 Å². The van der Waals surface area contributed by atoms with Crippen LogP contribution in [-0.2, 0) is 17.8 Å². The Kier molecular flexibility index (Phi) is 6.88. The molecule has 1 atom stereocenters. The zero-order chi connectivity index (χ0) is 19.9. The van der Waals surface area contributed by atoms with Gasteiger partial charge in [-0.3, -0.25) is 19.7 Å². The Hall–Kier alpha value is -2.59. The summed E-state index contributed by atoms with van der Waals surface area (Å²) in [5.74, 6) is 0.574. The molecule has 3 aromatic rings. The van der Waals surface area contributed by atoms with Crippen molar-refractivity contribution >= 4 is 34.1 Å². The van der Waals surface area contributed by atoms with Gasteiger partial charge >= 0.3 is 0 Å². The second-order valence-corrected chi connectivity index (χ2v) is 8.04. The van der Waals surface area contributed by atoms with Gasteiger partial charge in [-0.15, -0.1) is 27.0 Å². The summed E-state index contributed by atoms with van der Waals surface area (Å²) < 4.78 is 1.94. The van der Waals surface area contributed by atoms with Crippen molar-refractivity contribution in [1.29, 1.82) is 0 Å². The summed E-state index contributed by atoms with van der Waals surface area (Å²) in [6.45, 7) is 8.32. The van der Waals surface area contributed by atoms with Gasteiger partial charge < -0.3 is 0 Å². The Bertz CT molecular complexity index is 939. The first-order valence-electron chi connectivity index (χ1n) is 8.90. The van der Waals surface area contributed by atoms with Crippen LogP contribution in [-0.4, -0.2) is 41.1 Å². The Balaban J connectivity index is 1.79. The molecule has 0 aliphatic carbocycles. The molecule has 0 saturated heterocycles. The summed E-state index contributed by atoms with van der Waals surface area (Å²) in [5.41, 5.74) is 0.863. The number of rotatable bonds is 9. The van der Waals surface area contributed by atoms with E-state index in [9.17, 15) is 4.79 Å². The molecule has 0 unspecified atom stereocenters. The van der Waals surface area contributed by atoms with Gasteiger partial charge in [-0.05, 0) is 25.0 Å². The van der Waals surface area contributed by atoms with Crippen LogP contribution in [0.1, 0.15) is 25.3 Å². The summed E-state index contributed by atoms with van der Waals surface area (Å²) in [5, 5.41) is 21.2. The molecule has 0 bridgehead atoms. The average Bonchev–Trinajstić information content (AvgIpc) is 3.34. The smallest absolute Gasteiger partial charge is 0.239 e. The molecule has 1 N–H and O–H groups in total. The first-order chi connectivity index (χ1) is 13.7. The monoisotopic (exact) mass is 415 g/mol. The highest BCUT2D eigenvalue weighted by molar-refractivity contribution is 8.00. The third-order valence-electron chi connectivity index (χ3n) is 3.86. The molecule has 3 heterocycles. The van der Waals surface area contributed by atoms with Gasteiger partial charge in [0.2, 0.25) is 11.0 Å². The van der Waals surface area contributed by atoms with Crippen LogP contribution in [0.5, 0.6) is 0 Å². The first-order valence-corrected chi connectivity index (χ1v) is 10.6. The predicted octanol–water partition coefficient (Wildman–Crippen LogP) is 3.45. The van der Waals surface area contributed by atoms with E-state index in [1.165, 1.54) is 23.1 Å². The fraction of sp³-hybridized carbons (Fsp3) is 0.333. The van der Waals surface area contributed by atoms with Crippen molar-refractivity contribution in [2.75, 3.05) is 5.32 Å². The normalized spacial score (nSPS) is 11.9. The lowest BCUT2D eigenvalue weighted by Crippen LogP contribution is -2.25. The van der Waals surface area contributed by atoms with Crippen LogP contribution < -0.4 is 5.32 Å². The third-order valence-corrected chi connectivity index (χ3v) is 6.19. The lowest BCUT2D eigenvalue weighted by Gasteiger charge is -2.14. The topological polar surface area (TPSA) is 98.5 Å². The molecule has 3 aromatic heterocycles. The predicted molar refractivity (Wildman–Crippen MR) is 111 cm³/mol. The van der Waals surface area contributed by atoms with E-state index in [0.717, 1.165) is 17.0 Å². The number of allylic oxidation sites excluding steroid dienone is 1. The number of carbonyl (C=O) groups excluding carboxylic acids is 1. The van der Waals surface area contributed by atoms with Crippen molar-refractivity contribution in [3.05, 3.63) is 42.2 Å². The van der Waals surface area contributed by atoms with Gasteiger partial charge in [-0.2, -0.15) is 0 Å². The first kappa shape index (κ1) is 20.2. The largest absolute Gasteiger partial charge is 0.300 e. The Labute approximate surface area is 171 Å². The van der Waals surface area contributed by atoms with Crippen LogP contribution in [0.2, 0.25) is 0 Å². The minimum absolute atomic E-state index is 0.123. The number of thioether (sulfide) groups is 1. The van der Waals surface area contributed by atoms with E-state index in [-0.39, 0.29) is 11.2 Å². The molecule has 0 radical (unpaired) electrons. The van der Waals surface area contributed by atoms with Crippen molar-refractivity contribution < 1.29 is 4.79 Å². The van der Waals surface area contributed by atoms with Crippen LogP contribution in [0.25, 0.3) is 11.4 Å². The maximum Gasteiger partial charge on any atom is 0.239 e. The molecule has 0 spiro atoms. The average molecular weight is 416 g/mol. The van der Waals surface area contributed by atoms with Crippen molar-refractivity contribution in [2.45, 2.75) is 43.6 Å². The molecule has 146 valence electrons. The molecule has 8 nitrogen and oxygen atoms in total. The number of hydrogen-bond donors (Lipinski definition) is 1. The lowest BCUT2D eigenvalue weighted by atomic mass is 10.3. The van der Waals surface area contributed by atoms with E-state index >= 15 is 0 Å². The third kappa shape index (κ3) is 4.63. The number of amides is 1. The number of carbonyl (C=O) groups is 1. The van der Waals surface area contributed by atoms with Gasteiger partial charge in [0.1, 0.15) is 5.01 Å². The van der Waals surface area contributed by atoms with Crippen LogP contribution in [0, 0.1) is 0 Å². The van der Waals surface area contributed by atoms with E-state index in [4.69, 9.17) is 0 Å². The molecule has 28 heavy (non-hydrogen) atoms. The maximum atomic E-state index is 12.7. The van der Waals surface area contributed by atoms with Crippen LogP contribution in [0.4, 0.5) is 5.13 Å². The molecule has 0 aliphatic rings. The minimum atomic E-state index is -0.330. The maximum absolute atomic E-state index is 12.7. The van der Waals surface area contributed by atoms with Crippen molar-refractivity contribution in [3.63, 3.8) is 0 Å². The number of hydrogen-bond acceptors (Lipinski definition) is 8. The molecule has 1 amide bonds. The van der Waals surface area contributed by atoms with Crippen LogP contribution >= 0.6 is 23.1 Å². The second-order valence-electron chi connectivity index (χ2n) is 5.81. The standard InChI is InChI=1S/C18H21N7OS2/c1-4-10-25-15(12-8-7-9-19-11-12)22-24-18(25)27-13(5-2)16(26)20-17-23-21-14(6-3)28-17/h4,7-9,11,13H,1,5-6,10H2,2-3H3,(H,20,23,26)/t13-/m0/s1. The van der Waals surface area contributed by atoms with E-state index < -0.39 is 0 Å². The number of nitrogens with zero attached hydrogens (tertiary/aromatic N) is 6. The zero-order valence-corrected chi connectivity index (χ0v) is 17.3. The van der Waals surface area contributed by atoms with E-state index in [2.05, 4.69) is 37.3 Å². The highest BCUT2D eigenvalue weighted by Crippen LogP contribution is 2.29. The van der Waals surface area contributed by atoms with Gasteiger partial charge in [0.25, 0.3) is 0 Å². The summed E-state index contributed by atoms with van der Waals surface area (Å²) in [7, 11) is 0. The summed E-state index contributed by atoms with van der Waals surface area (Å²) in [6.07, 6.45) is 6.66. The van der Waals surface area contributed by atoms with Gasteiger partial charge in [0.05, 0.1) is 5.25 Å². The molecule has 3 rings (SSSR count). The zero-order valence-electron chi connectivity index (χ0n) is 15.7. The molecule has 0 aliphatic heterocycles. The molecule has 0 aromatic carbocycles. The lowest BCUT2D eigenvalue weighted by molar-refractivity contribution is -0.115. The summed E-state index contributed by atoms with van der Waals surface area (Å²) >= 11 is 2.77. The summed E-state index contributed by atoms with van der Waals surface area (Å²) in [4.78, 5) is 16.9. The molecular formula is C18H21N7OS2. The highest BCUT2D eigenvalue weighted by Gasteiger charge is 2.23. The fourth-order valence-electron chi connectivity index (χ4n) is 2.46. The molecule has 0 saturated carbocycles. The minimum Gasteiger partial charge on any atom is -0.300 e. The number of aryl methyl sites for hydroxylation is 1. The van der Waals surface area contributed by atoms with Crippen molar-refractivity contribution in [1.82, 2.24) is 29.9 Å². The fourth-order valence-corrected chi connectivity index (χ4v) is 4.11. The number of pyridine rings is 1. The van der Waals surface area contributed by atoms with Crippen molar-refractivity contribution in [3.8, 4) is 11.4 Å². The van der Waals surface area contributed by atoms with Gasteiger partial charge in [0.15, 0.2) is 11.0 Å². The van der Waals surface area contributed by atoms with Gasteiger partial charge in [-0.1, -0.05) is 43.0 Å². The Morgan fingerprint density at radius 3 is 2.86 bits per heavy atom. The molecule has 10 heteroatoms. The van der Waals surface area contributed by atoms with E-state index in [1.54, 1.807) is 18.5 Å². The highest BCUT2D eigenvalue weighted by atomic mass is 32.2. The Morgan fingerprint density at radius 2 is 2.21 bits per heavy atom. The quantitative estimate of drug-likeness (QED) is 0.422. The molecular weight excluding hydrogens is 394 g/mol. The van der Waals surface area contributed by atoms with E-state index in [1.807, 2.05) is 30.5 Å². The second kappa shape index (κ2) is 9.56. The molecule has 0 fully saturated rings.